The second-order valence-corrected chi connectivity index (χ2v) is 8.15. The predicted octanol–water partition coefficient (Wildman–Crippen LogP) is 1.83. The Morgan fingerprint density at radius 3 is 2.65 bits per heavy atom. The van der Waals surface area contributed by atoms with Gasteiger partial charge in [-0.25, -0.2) is 4.98 Å². The number of imidazole rings is 1. The number of unbranched alkanes of at least 4 members (excludes halogenated alkanes) is 1. The lowest BCUT2D eigenvalue weighted by Crippen LogP contribution is -2.57. The van der Waals surface area contributed by atoms with Gasteiger partial charge in [-0.3, -0.25) is 14.4 Å². The average molecular weight is 424 g/mol. The van der Waals surface area contributed by atoms with Gasteiger partial charge in [0.05, 0.1) is 18.6 Å². The van der Waals surface area contributed by atoms with Crippen LogP contribution in [0.15, 0.2) is 42.9 Å². The van der Waals surface area contributed by atoms with Crippen molar-refractivity contribution in [2.45, 2.75) is 45.3 Å². The average Bonchev–Trinajstić information content (AvgIpc) is 3.13. The molecule has 4 rings (SSSR count). The molecule has 8 nitrogen and oxygen atoms in total. The molecule has 8 heteroatoms. The molecular formula is C23H29N5O3. The van der Waals surface area contributed by atoms with Crippen LogP contribution < -0.4 is 0 Å². The Hall–Kier alpha value is -3.16. The second kappa shape index (κ2) is 9.32. The maximum absolute atomic E-state index is 13.8. The third kappa shape index (κ3) is 4.33. The van der Waals surface area contributed by atoms with Crippen LogP contribution in [0.4, 0.5) is 0 Å². The molecule has 3 heterocycles. The van der Waals surface area contributed by atoms with E-state index in [1.54, 1.807) is 22.3 Å². The quantitative estimate of drug-likeness (QED) is 0.664. The summed E-state index contributed by atoms with van der Waals surface area (Å²) in [7, 11) is 0. The highest BCUT2D eigenvalue weighted by molar-refractivity contribution is 6.35. The largest absolute Gasteiger partial charge is 0.335 e. The Morgan fingerprint density at radius 1 is 1.06 bits per heavy atom. The molecule has 0 bridgehead atoms. The monoisotopic (exact) mass is 423 g/mol. The first kappa shape index (κ1) is 21.1. The van der Waals surface area contributed by atoms with Gasteiger partial charge in [-0.05, 0) is 18.4 Å². The minimum Gasteiger partial charge on any atom is -0.335 e. The van der Waals surface area contributed by atoms with Crippen LogP contribution in [-0.4, -0.2) is 68.2 Å². The molecule has 0 radical (unpaired) electrons. The zero-order valence-electron chi connectivity index (χ0n) is 17.9. The fraction of sp³-hybridized carbons (Fsp3) is 0.478. The Balaban J connectivity index is 1.61. The molecule has 1 aromatic heterocycles. The molecule has 1 aromatic carbocycles. The van der Waals surface area contributed by atoms with Gasteiger partial charge < -0.3 is 19.3 Å². The van der Waals surface area contributed by atoms with Crippen molar-refractivity contribution in [3.8, 4) is 0 Å². The highest BCUT2D eigenvalue weighted by Gasteiger charge is 2.41. The number of carbonyl (C=O) groups is 3. The second-order valence-electron chi connectivity index (χ2n) is 8.15. The van der Waals surface area contributed by atoms with Gasteiger partial charge in [0.2, 0.25) is 5.91 Å². The van der Waals surface area contributed by atoms with Gasteiger partial charge in [0, 0.05) is 38.9 Å². The topological polar surface area (TPSA) is 78.8 Å². The fourth-order valence-electron chi connectivity index (χ4n) is 4.34. The number of hydrogen-bond donors (Lipinski definition) is 0. The van der Waals surface area contributed by atoms with Crippen LogP contribution in [0.2, 0.25) is 0 Å². The number of benzene rings is 1. The first-order chi connectivity index (χ1) is 15.1. The van der Waals surface area contributed by atoms with E-state index >= 15 is 0 Å². The van der Waals surface area contributed by atoms with Crippen molar-refractivity contribution in [3.63, 3.8) is 0 Å². The summed E-state index contributed by atoms with van der Waals surface area (Å²) < 4.78 is 2.06. The zero-order chi connectivity index (χ0) is 21.8. The van der Waals surface area contributed by atoms with Crippen molar-refractivity contribution >= 4 is 17.7 Å². The van der Waals surface area contributed by atoms with Crippen molar-refractivity contribution in [3.05, 3.63) is 54.1 Å². The van der Waals surface area contributed by atoms with E-state index in [4.69, 9.17) is 0 Å². The molecule has 2 aliphatic heterocycles. The van der Waals surface area contributed by atoms with E-state index in [0.717, 1.165) is 37.1 Å². The van der Waals surface area contributed by atoms with Crippen LogP contribution in [0.25, 0.3) is 0 Å². The molecule has 0 spiro atoms. The minimum absolute atomic E-state index is 0.149. The Kier molecular flexibility index (Phi) is 6.34. The number of aryl methyl sites for hydroxylation is 1. The van der Waals surface area contributed by atoms with Gasteiger partial charge in [0.1, 0.15) is 6.04 Å². The lowest BCUT2D eigenvalue weighted by Gasteiger charge is -2.39. The molecule has 0 aliphatic carbocycles. The van der Waals surface area contributed by atoms with Crippen molar-refractivity contribution in [1.82, 2.24) is 24.3 Å². The SMILES string of the molecule is CCCCN1CCN(C(C(=O)N2CCCn3cncc3C2)c2ccccc2)C(=O)C1=O. The van der Waals surface area contributed by atoms with Crippen molar-refractivity contribution in [1.29, 1.82) is 0 Å². The van der Waals surface area contributed by atoms with Gasteiger partial charge in [0.25, 0.3) is 0 Å². The van der Waals surface area contributed by atoms with Crippen molar-refractivity contribution in [2.24, 2.45) is 0 Å². The molecule has 1 fully saturated rings. The highest BCUT2D eigenvalue weighted by atomic mass is 16.2. The molecule has 1 saturated heterocycles. The molecular weight excluding hydrogens is 394 g/mol. The Labute approximate surface area is 182 Å². The standard InChI is InChI=1S/C23H29N5O3/c1-2-3-10-25-13-14-28(23(31)22(25)30)20(18-8-5-4-6-9-18)21(29)26-11-7-12-27-17-24-15-19(27)16-26/h4-6,8-9,15,17,20H,2-3,7,10-14,16H2,1H3. The van der Waals surface area contributed by atoms with E-state index in [-0.39, 0.29) is 5.91 Å². The highest BCUT2D eigenvalue weighted by Crippen LogP contribution is 2.27. The Morgan fingerprint density at radius 2 is 1.87 bits per heavy atom. The number of nitrogens with zero attached hydrogens (tertiary/aromatic N) is 5. The summed E-state index contributed by atoms with van der Waals surface area (Å²) in [6.07, 6.45) is 6.20. The van der Waals surface area contributed by atoms with Crippen LogP contribution >= 0.6 is 0 Å². The van der Waals surface area contributed by atoms with E-state index < -0.39 is 17.9 Å². The van der Waals surface area contributed by atoms with Gasteiger partial charge >= 0.3 is 11.8 Å². The van der Waals surface area contributed by atoms with Gasteiger partial charge in [-0.1, -0.05) is 43.7 Å². The fourth-order valence-corrected chi connectivity index (χ4v) is 4.34. The number of aromatic nitrogens is 2. The maximum atomic E-state index is 13.8. The van der Waals surface area contributed by atoms with Crippen molar-refractivity contribution in [2.75, 3.05) is 26.2 Å². The number of hydrogen-bond acceptors (Lipinski definition) is 4. The van der Waals surface area contributed by atoms with Gasteiger partial charge in [-0.2, -0.15) is 0 Å². The van der Waals surface area contributed by atoms with Gasteiger partial charge in [0.15, 0.2) is 0 Å². The molecule has 0 saturated carbocycles. The summed E-state index contributed by atoms with van der Waals surface area (Å²) in [5.41, 5.74) is 1.71. The summed E-state index contributed by atoms with van der Waals surface area (Å²) in [6.45, 7) is 5.29. The summed E-state index contributed by atoms with van der Waals surface area (Å²) in [5.74, 6) is -1.25. The molecule has 0 N–H and O–H groups in total. The van der Waals surface area contributed by atoms with Crippen LogP contribution in [0.1, 0.15) is 43.5 Å². The van der Waals surface area contributed by atoms with E-state index in [1.807, 2.05) is 30.3 Å². The first-order valence-corrected chi connectivity index (χ1v) is 11.0. The molecule has 31 heavy (non-hydrogen) atoms. The molecule has 1 unspecified atom stereocenters. The lowest BCUT2D eigenvalue weighted by atomic mass is 10.0. The van der Waals surface area contributed by atoms with Crippen LogP contribution in [0.5, 0.6) is 0 Å². The lowest BCUT2D eigenvalue weighted by molar-refractivity contribution is -0.161. The van der Waals surface area contributed by atoms with Crippen LogP contribution in [-0.2, 0) is 27.5 Å². The number of piperazine rings is 1. The maximum Gasteiger partial charge on any atom is 0.313 e. The number of carbonyl (C=O) groups excluding carboxylic acids is 3. The number of rotatable bonds is 6. The first-order valence-electron chi connectivity index (χ1n) is 11.0. The Bertz CT molecular complexity index is 942. The molecule has 164 valence electrons. The van der Waals surface area contributed by atoms with E-state index in [1.165, 1.54) is 4.90 Å². The molecule has 3 amide bonds. The third-order valence-corrected chi connectivity index (χ3v) is 6.07. The molecule has 1 atom stereocenters. The summed E-state index contributed by atoms with van der Waals surface area (Å²) in [5, 5.41) is 0. The summed E-state index contributed by atoms with van der Waals surface area (Å²) in [4.78, 5) is 48.7. The van der Waals surface area contributed by atoms with Gasteiger partial charge in [-0.15, -0.1) is 0 Å². The summed E-state index contributed by atoms with van der Waals surface area (Å²) >= 11 is 0. The normalized spacial score (nSPS) is 18.0. The number of fused-ring (bicyclic) bond motifs is 1. The summed E-state index contributed by atoms with van der Waals surface area (Å²) in [6, 6.07) is 8.50. The molecule has 2 aliphatic rings. The van der Waals surface area contributed by atoms with Crippen LogP contribution in [0, 0.1) is 0 Å². The smallest absolute Gasteiger partial charge is 0.313 e. The number of amides is 3. The van der Waals surface area contributed by atoms with E-state index in [0.29, 0.717) is 32.7 Å². The molecule has 2 aromatic rings. The predicted molar refractivity (Wildman–Crippen MR) is 115 cm³/mol. The zero-order valence-corrected chi connectivity index (χ0v) is 17.9. The van der Waals surface area contributed by atoms with Crippen LogP contribution in [0.3, 0.4) is 0 Å². The van der Waals surface area contributed by atoms with E-state index in [2.05, 4.69) is 16.5 Å². The third-order valence-electron chi connectivity index (χ3n) is 6.07. The van der Waals surface area contributed by atoms with E-state index in [9.17, 15) is 14.4 Å². The minimum atomic E-state index is -0.805. The van der Waals surface area contributed by atoms with Crippen molar-refractivity contribution < 1.29 is 14.4 Å².